The van der Waals surface area contributed by atoms with Crippen LogP contribution in [-0.4, -0.2) is 13.4 Å². The summed E-state index contributed by atoms with van der Waals surface area (Å²) in [6, 6.07) is 8.20. The first kappa shape index (κ1) is 15.6. The fourth-order valence-corrected chi connectivity index (χ4v) is 3.41. The zero-order chi connectivity index (χ0) is 15.5. The van der Waals surface area contributed by atoms with Crippen LogP contribution in [0.3, 0.4) is 0 Å². The van der Waals surface area contributed by atoms with Crippen molar-refractivity contribution in [2.24, 2.45) is 5.73 Å². The molecule has 2 aromatic rings. The monoisotopic (exact) mass is 309 g/mol. The van der Waals surface area contributed by atoms with E-state index in [0.29, 0.717) is 11.3 Å². The summed E-state index contributed by atoms with van der Waals surface area (Å²) >= 11 is 0. The number of aromatic nitrogens is 1. The van der Waals surface area contributed by atoms with Crippen LogP contribution in [0.4, 0.5) is 4.39 Å². The van der Waals surface area contributed by atoms with Crippen LogP contribution >= 0.6 is 0 Å². The van der Waals surface area contributed by atoms with E-state index >= 15 is 0 Å². The van der Waals surface area contributed by atoms with Gasteiger partial charge in [-0.25, -0.2) is 17.5 Å². The number of rotatable bonds is 5. The van der Waals surface area contributed by atoms with Crippen molar-refractivity contribution in [3.05, 3.63) is 59.7 Å². The molecular weight excluding hydrogens is 293 g/mol. The maximum atomic E-state index is 13.3. The van der Waals surface area contributed by atoms with E-state index in [9.17, 15) is 12.8 Å². The molecule has 3 N–H and O–H groups in total. The van der Waals surface area contributed by atoms with Gasteiger partial charge in [-0.15, -0.1) is 0 Å². The second kappa shape index (κ2) is 6.30. The Hall–Kier alpha value is -1.83. The van der Waals surface area contributed by atoms with Crippen LogP contribution in [-0.2, 0) is 16.6 Å². The molecule has 1 aromatic heterocycles. The highest BCUT2D eigenvalue weighted by atomic mass is 32.2. The Morgan fingerprint density at radius 3 is 2.71 bits per heavy atom. The lowest BCUT2D eigenvalue weighted by molar-refractivity contribution is 0.559. The van der Waals surface area contributed by atoms with Gasteiger partial charge >= 0.3 is 0 Å². The molecule has 0 aliphatic heterocycles. The average molecular weight is 309 g/mol. The van der Waals surface area contributed by atoms with Crippen molar-refractivity contribution in [3.8, 4) is 0 Å². The highest BCUT2D eigenvalue weighted by Gasteiger charge is 2.22. The van der Waals surface area contributed by atoms with Crippen molar-refractivity contribution in [3.63, 3.8) is 0 Å². The van der Waals surface area contributed by atoms with Crippen molar-refractivity contribution in [1.29, 1.82) is 0 Å². The van der Waals surface area contributed by atoms with E-state index in [1.807, 2.05) is 0 Å². The molecule has 112 valence electrons. The minimum absolute atomic E-state index is 0.00842. The zero-order valence-corrected chi connectivity index (χ0v) is 12.3. The summed E-state index contributed by atoms with van der Waals surface area (Å²) in [5.74, 6) is -0.627. The highest BCUT2D eigenvalue weighted by molar-refractivity contribution is 7.89. The Morgan fingerprint density at radius 1 is 1.33 bits per heavy atom. The Labute approximate surface area is 123 Å². The van der Waals surface area contributed by atoms with Crippen molar-refractivity contribution in [2.45, 2.75) is 24.4 Å². The third kappa shape index (κ3) is 3.63. The quantitative estimate of drug-likeness (QED) is 0.880. The number of nitrogens with zero attached hydrogens (tertiary/aromatic N) is 1. The number of hydrogen-bond acceptors (Lipinski definition) is 4. The summed E-state index contributed by atoms with van der Waals surface area (Å²) < 4.78 is 40.6. The predicted octanol–water partition coefficient (Wildman–Crippen LogP) is 1.72. The summed E-state index contributed by atoms with van der Waals surface area (Å²) in [6.45, 7) is 1.68. The maximum Gasteiger partial charge on any atom is 0.241 e. The number of pyridine rings is 1. The molecule has 0 bridgehead atoms. The molecular formula is C14H16FN3O2S. The van der Waals surface area contributed by atoms with E-state index < -0.39 is 21.9 Å². The normalized spacial score (nSPS) is 13.1. The van der Waals surface area contributed by atoms with Gasteiger partial charge in [0.15, 0.2) is 0 Å². The molecule has 0 saturated heterocycles. The summed E-state index contributed by atoms with van der Waals surface area (Å²) in [5.41, 5.74) is 6.45. The molecule has 5 nitrogen and oxygen atoms in total. The molecule has 0 radical (unpaired) electrons. The van der Waals surface area contributed by atoms with Crippen molar-refractivity contribution in [1.82, 2.24) is 9.71 Å². The van der Waals surface area contributed by atoms with Gasteiger partial charge < -0.3 is 5.73 Å². The standard InChI is InChI=1S/C14H16FN3O2S/c1-10(13-4-2-3-7-17-13)18-21(19,20)14-8-12(15)6-5-11(14)9-16/h2-8,10,18H,9,16H2,1H3. The van der Waals surface area contributed by atoms with Crippen LogP contribution in [0.5, 0.6) is 0 Å². The molecule has 21 heavy (non-hydrogen) atoms. The molecule has 0 amide bonds. The van der Waals surface area contributed by atoms with Crippen LogP contribution in [0, 0.1) is 5.82 Å². The molecule has 1 heterocycles. The number of hydrogen-bond donors (Lipinski definition) is 2. The Morgan fingerprint density at radius 2 is 2.10 bits per heavy atom. The van der Waals surface area contributed by atoms with Crippen LogP contribution in [0.1, 0.15) is 24.2 Å². The topological polar surface area (TPSA) is 85.1 Å². The average Bonchev–Trinajstić information content (AvgIpc) is 2.47. The third-order valence-corrected chi connectivity index (χ3v) is 4.62. The molecule has 2 rings (SSSR count). The maximum absolute atomic E-state index is 13.3. The van der Waals surface area contributed by atoms with Gasteiger partial charge in [-0.05, 0) is 36.8 Å². The minimum Gasteiger partial charge on any atom is -0.326 e. The van der Waals surface area contributed by atoms with Gasteiger partial charge in [0.25, 0.3) is 0 Å². The molecule has 1 atom stereocenters. The van der Waals surface area contributed by atoms with Crippen LogP contribution in [0.25, 0.3) is 0 Å². The second-order valence-corrected chi connectivity index (χ2v) is 6.24. The molecule has 0 aliphatic rings. The minimum atomic E-state index is -3.88. The first-order valence-electron chi connectivity index (χ1n) is 6.36. The van der Waals surface area contributed by atoms with E-state index in [-0.39, 0.29) is 11.4 Å². The highest BCUT2D eigenvalue weighted by Crippen LogP contribution is 2.20. The predicted molar refractivity (Wildman–Crippen MR) is 77.3 cm³/mol. The van der Waals surface area contributed by atoms with E-state index in [1.165, 1.54) is 12.1 Å². The number of nitrogens with two attached hydrogens (primary N) is 1. The van der Waals surface area contributed by atoms with Gasteiger partial charge in [-0.2, -0.15) is 0 Å². The first-order chi connectivity index (χ1) is 9.94. The molecule has 1 aromatic carbocycles. The largest absolute Gasteiger partial charge is 0.326 e. The Kier molecular flexibility index (Phi) is 4.66. The van der Waals surface area contributed by atoms with Gasteiger partial charge in [0.05, 0.1) is 16.6 Å². The SMILES string of the molecule is CC(NS(=O)(=O)c1cc(F)ccc1CN)c1ccccn1. The van der Waals surface area contributed by atoms with E-state index in [1.54, 1.807) is 31.3 Å². The van der Waals surface area contributed by atoms with Crippen molar-refractivity contribution in [2.75, 3.05) is 0 Å². The molecule has 0 saturated carbocycles. The van der Waals surface area contributed by atoms with E-state index in [4.69, 9.17) is 5.73 Å². The number of sulfonamides is 1. The summed E-state index contributed by atoms with van der Waals surface area (Å²) in [4.78, 5) is 3.95. The summed E-state index contributed by atoms with van der Waals surface area (Å²) in [6.07, 6.45) is 1.58. The van der Waals surface area contributed by atoms with E-state index in [2.05, 4.69) is 9.71 Å². The molecule has 0 spiro atoms. The third-order valence-electron chi connectivity index (χ3n) is 3.00. The fourth-order valence-electron chi connectivity index (χ4n) is 1.94. The lowest BCUT2D eigenvalue weighted by atomic mass is 10.2. The number of benzene rings is 1. The van der Waals surface area contributed by atoms with Gasteiger partial charge in [0.1, 0.15) is 5.82 Å². The molecule has 0 aliphatic carbocycles. The van der Waals surface area contributed by atoms with Crippen LogP contribution in [0.2, 0.25) is 0 Å². The Bertz CT molecular complexity index is 720. The molecule has 0 fully saturated rings. The van der Waals surface area contributed by atoms with Crippen LogP contribution < -0.4 is 10.5 Å². The smallest absolute Gasteiger partial charge is 0.241 e. The first-order valence-corrected chi connectivity index (χ1v) is 7.84. The van der Waals surface area contributed by atoms with Gasteiger partial charge in [-0.1, -0.05) is 12.1 Å². The lowest BCUT2D eigenvalue weighted by Crippen LogP contribution is -2.28. The number of nitrogens with one attached hydrogen (secondary N) is 1. The fraction of sp³-hybridized carbons (Fsp3) is 0.214. The molecule has 7 heteroatoms. The Balaban J connectivity index is 2.33. The van der Waals surface area contributed by atoms with Gasteiger partial charge in [-0.3, -0.25) is 4.98 Å². The zero-order valence-electron chi connectivity index (χ0n) is 11.5. The summed E-state index contributed by atoms with van der Waals surface area (Å²) in [7, 11) is -3.88. The van der Waals surface area contributed by atoms with Crippen LogP contribution in [0.15, 0.2) is 47.5 Å². The number of halogens is 1. The summed E-state index contributed by atoms with van der Waals surface area (Å²) in [5, 5.41) is 0. The van der Waals surface area contributed by atoms with Gasteiger partial charge in [0, 0.05) is 12.7 Å². The lowest BCUT2D eigenvalue weighted by Gasteiger charge is -2.15. The molecule has 1 unspecified atom stereocenters. The van der Waals surface area contributed by atoms with Crippen molar-refractivity contribution < 1.29 is 12.8 Å². The van der Waals surface area contributed by atoms with Crippen molar-refractivity contribution >= 4 is 10.0 Å². The second-order valence-electron chi connectivity index (χ2n) is 4.55. The van der Waals surface area contributed by atoms with E-state index in [0.717, 1.165) is 6.07 Å². The van der Waals surface area contributed by atoms with Gasteiger partial charge in [0.2, 0.25) is 10.0 Å².